The maximum absolute atomic E-state index is 12.5. The Morgan fingerprint density at radius 2 is 1.88 bits per heavy atom. The SMILES string of the molecule is CC1(C)CC(=O)[C@]23CCC[C@](C)(CC[C@@H]12)C3. The predicted octanol–water partition coefficient (Wildman–Crippen LogP) is 3.96. The standard InChI is InChI=1S/C15H24O/c1-13(2)9-12(16)15-7-4-6-14(3,10-15)8-5-11(13)15/h11H,4-10H2,1-3H3/t11-,14+,15-/m0/s1. The van der Waals surface area contributed by atoms with Gasteiger partial charge < -0.3 is 0 Å². The van der Waals surface area contributed by atoms with Crippen molar-refractivity contribution in [2.75, 3.05) is 0 Å². The second kappa shape index (κ2) is 2.91. The van der Waals surface area contributed by atoms with Crippen LogP contribution in [0.15, 0.2) is 0 Å². The van der Waals surface area contributed by atoms with Gasteiger partial charge in [0, 0.05) is 11.8 Å². The molecule has 0 aliphatic heterocycles. The molecule has 0 amide bonds. The monoisotopic (exact) mass is 220 g/mol. The van der Waals surface area contributed by atoms with Crippen molar-refractivity contribution in [3.8, 4) is 0 Å². The molecular formula is C15H24O. The Hall–Kier alpha value is -0.330. The third kappa shape index (κ3) is 1.21. The summed E-state index contributed by atoms with van der Waals surface area (Å²) in [4.78, 5) is 12.5. The van der Waals surface area contributed by atoms with Gasteiger partial charge in [-0.05, 0) is 48.9 Å². The normalized spacial score (nSPS) is 50.2. The number of rotatable bonds is 0. The number of fused-ring (bicyclic) bond motifs is 1. The van der Waals surface area contributed by atoms with Crippen molar-refractivity contribution in [1.29, 1.82) is 0 Å². The number of Topliss-reactive ketones (excluding diaryl/α,β-unsaturated/α-hetero) is 1. The highest BCUT2D eigenvalue weighted by molar-refractivity contribution is 5.88. The first-order valence-corrected chi connectivity index (χ1v) is 6.91. The fraction of sp³-hybridized carbons (Fsp3) is 0.933. The maximum atomic E-state index is 12.5. The van der Waals surface area contributed by atoms with Crippen LogP contribution in [0.5, 0.6) is 0 Å². The van der Waals surface area contributed by atoms with Crippen molar-refractivity contribution in [2.45, 2.75) is 65.7 Å². The van der Waals surface area contributed by atoms with E-state index in [4.69, 9.17) is 0 Å². The largest absolute Gasteiger partial charge is 0.299 e. The van der Waals surface area contributed by atoms with Crippen LogP contribution in [0.1, 0.15) is 65.7 Å². The molecule has 2 bridgehead atoms. The third-order valence-electron chi connectivity index (χ3n) is 5.96. The third-order valence-corrected chi connectivity index (χ3v) is 5.96. The minimum atomic E-state index is 0.106. The molecule has 3 rings (SSSR count). The lowest BCUT2D eigenvalue weighted by Gasteiger charge is -2.53. The van der Waals surface area contributed by atoms with Crippen LogP contribution in [0.4, 0.5) is 0 Å². The van der Waals surface area contributed by atoms with Crippen LogP contribution in [-0.4, -0.2) is 5.78 Å². The summed E-state index contributed by atoms with van der Waals surface area (Å²) in [6, 6.07) is 0. The topological polar surface area (TPSA) is 17.1 Å². The number of carbonyl (C=O) groups is 1. The fourth-order valence-electron chi connectivity index (χ4n) is 5.33. The van der Waals surface area contributed by atoms with Gasteiger partial charge in [-0.1, -0.05) is 27.2 Å². The first-order chi connectivity index (χ1) is 7.38. The summed E-state index contributed by atoms with van der Waals surface area (Å²) in [7, 11) is 0. The van der Waals surface area contributed by atoms with Gasteiger partial charge in [0.2, 0.25) is 0 Å². The average molecular weight is 220 g/mol. The zero-order valence-electron chi connectivity index (χ0n) is 10.9. The zero-order chi connectivity index (χ0) is 11.6. The van der Waals surface area contributed by atoms with Crippen LogP contribution in [0.2, 0.25) is 0 Å². The number of ketones is 1. The van der Waals surface area contributed by atoms with Gasteiger partial charge in [0.25, 0.3) is 0 Å². The van der Waals surface area contributed by atoms with Gasteiger partial charge in [-0.25, -0.2) is 0 Å². The van der Waals surface area contributed by atoms with E-state index in [-0.39, 0.29) is 10.8 Å². The molecule has 0 saturated heterocycles. The summed E-state index contributed by atoms with van der Waals surface area (Å²) in [5, 5.41) is 0. The molecule has 3 fully saturated rings. The van der Waals surface area contributed by atoms with Gasteiger partial charge >= 0.3 is 0 Å². The molecule has 3 aliphatic rings. The highest BCUT2D eigenvalue weighted by Gasteiger charge is 2.62. The quantitative estimate of drug-likeness (QED) is 0.604. The van der Waals surface area contributed by atoms with Crippen molar-refractivity contribution < 1.29 is 4.79 Å². The first kappa shape index (κ1) is 10.8. The maximum Gasteiger partial charge on any atom is 0.139 e. The zero-order valence-corrected chi connectivity index (χ0v) is 10.9. The Kier molecular flexibility index (Phi) is 1.97. The van der Waals surface area contributed by atoms with Gasteiger partial charge in [0.15, 0.2) is 0 Å². The van der Waals surface area contributed by atoms with Crippen molar-refractivity contribution >= 4 is 5.78 Å². The lowest BCUT2D eigenvalue weighted by molar-refractivity contribution is -0.136. The summed E-state index contributed by atoms with van der Waals surface area (Å²) in [6.07, 6.45) is 8.53. The van der Waals surface area contributed by atoms with E-state index in [0.29, 0.717) is 17.1 Å². The Labute approximate surface area is 99.0 Å². The molecule has 1 heteroatoms. The van der Waals surface area contributed by atoms with Crippen molar-refractivity contribution in [3.05, 3.63) is 0 Å². The van der Waals surface area contributed by atoms with Gasteiger partial charge in [0.1, 0.15) is 5.78 Å². The lowest BCUT2D eigenvalue weighted by atomic mass is 9.50. The molecule has 0 aromatic carbocycles. The molecule has 16 heavy (non-hydrogen) atoms. The van der Waals surface area contributed by atoms with Gasteiger partial charge in [0.05, 0.1) is 0 Å². The smallest absolute Gasteiger partial charge is 0.139 e. The van der Waals surface area contributed by atoms with E-state index in [1.165, 1.54) is 38.5 Å². The van der Waals surface area contributed by atoms with E-state index < -0.39 is 0 Å². The van der Waals surface area contributed by atoms with E-state index >= 15 is 0 Å². The highest BCUT2D eigenvalue weighted by atomic mass is 16.1. The molecule has 3 saturated carbocycles. The van der Waals surface area contributed by atoms with Crippen LogP contribution >= 0.6 is 0 Å². The van der Waals surface area contributed by atoms with Crippen molar-refractivity contribution in [2.24, 2.45) is 22.2 Å². The van der Waals surface area contributed by atoms with Crippen LogP contribution < -0.4 is 0 Å². The molecule has 0 radical (unpaired) electrons. The molecule has 90 valence electrons. The number of hydrogen-bond donors (Lipinski definition) is 0. The van der Waals surface area contributed by atoms with E-state index in [1.54, 1.807) is 0 Å². The average Bonchev–Trinajstić information content (AvgIpc) is 2.31. The Morgan fingerprint density at radius 1 is 1.12 bits per heavy atom. The lowest BCUT2D eigenvalue weighted by Crippen LogP contribution is -2.47. The molecule has 1 spiro atoms. The first-order valence-electron chi connectivity index (χ1n) is 6.91. The second-order valence-corrected chi connectivity index (χ2v) is 7.68. The van der Waals surface area contributed by atoms with Crippen LogP contribution in [0.25, 0.3) is 0 Å². The molecule has 0 heterocycles. The van der Waals surface area contributed by atoms with Crippen LogP contribution in [0.3, 0.4) is 0 Å². The number of carbonyl (C=O) groups excluding carboxylic acids is 1. The van der Waals surface area contributed by atoms with Crippen LogP contribution in [0, 0.1) is 22.2 Å². The van der Waals surface area contributed by atoms with Crippen molar-refractivity contribution in [3.63, 3.8) is 0 Å². The minimum Gasteiger partial charge on any atom is -0.299 e. The summed E-state index contributed by atoms with van der Waals surface area (Å²) in [6.45, 7) is 7.06. The molecule has 0 N–H and O–H groups in total. The van der Waals surface area contributed by atoms with E-state index in [2.05, 4.69) is 20.8 Å². The molecule has 3 atom stereocenters. The summed E-state index contributed by atoms with van der Waals surface area (Å²) in [5.74, 6) is 1.29. The van der Waals surface area contributed by atoms with E-state index in [0.717, 1.165) is 6.42 Å². The highest BCUT2D eigenvalue weighted by Crippen LogP contribution is 2.67. The Balaban J connectivity index is 2.04. The molecule has 0 unspecified atom stereocenters. The fourth-order valence-corrected chi connectivity index (χ4v) is 5.33. The molecule has 0 aromatic rings. The van der Waals surface area contributed by atoms with Crippen LogP contribution in [-0.2, 0) is 4.79 Å². The second-order valence-electron chi connectivity index (χ2n) is 7.68. The minimum absolute atomic E-state index is 0.106. The predicted molar refractivity (Wildman–Crippen MR) is 65.1 cm³/mol. The van der Waals surface area contributed by atoms with Gasteiger partial charge in [-0.3, -0.25) is 4.79 Å². The molecular weight excluding hydrogens is 196 g/mol. The summed E-state index contributed by atoms with van der Waals surface area (Å²) >= 11 is 0. The van der Waals surface area contributed by atoms with Crippen molar-refractivity contribution in [1.82, 2.24) is 0 Å². The van der Waals surface area contributed by atoms with Gasteiger partial charge in [-0.15, -0.1) is 0 Å². The summed E-state index contributed by atoms with van der Waals surface area (Å²) < 4.78 is 0. The Morgan fingerprint density at radius 3 is 2.62 bits per heavy atom. The molecule has 1 nitrogen and oxygen atoms in total. The van der Waals surface area contributed by atoms with E-state index in [1.807, 2.05) is 0 Å². The Bertz CT molecular complexity index is 343. The molecule has 0 aromatic heterocycles. The van der Waals surface area contributed by atoms with E-state index in [9.17, 15) is 4.79 Å². The summed E-state index contributed by atoms with van der Waals surface area (Å²) in [5.41, 5.74) is 0.870. The molecule has 3 aliphatic carbocycles. The number of hydrogen-bond acceptors (Lipinski definition) is 1. The van der Waals surface area contributed by atoms with Gasteiger partial charge in [-0.2, -0.15) is 0 Å².